The van der Waals surface area contributed by atoms with Gasteiger partial charge in [0.25, 0.3) is 0 Å². The third-order valence-corrected chi connectivity index (χ3v) is 4.16. The van der Waals surface area contributed by atoms with Crippen molar-refractivity contribution in [1.29, 1.82) is 0 Å². The van der Waals surface area contributed by atoms with Gasteiger partial charge in [0.15, 0.2) is 0 Å². The fourth-order valence-corrected chi connectivity index (χ4v) is 2.90. The lowest BCUT2D eigenvalue weighted by Crippen LogP contribution is -2.46. The number of carbonyl (C=O) groups excluding carboxylic acids is 1. The standard InChI is InChI=1S/C14H24N2O4/c17-13(18)8-11-3-5-16(6-4-11)14(19)15-9-12-2-1-7-20-10-12/h11-12H,1-10H2,(H,15,19)(H,17,18). The number of nitrogens with zero attached hydrogens (tertiary/aromatic N) is 1. The number of likely N-dealkylation sites (tertiary alicyclic amines) is 1. The molecule has 0 radical (unpaired) electrons. The van der Waals surface area contributed by atoms with Crippen LogP contribution in [0.15, 0.2) is 0 Å². The number of amides is 2. The predicted octanol–water partition coefficient (Wildman–Crippen LogP) is 1.31. The third-order valence-electron chi connectivity index (χ3n) is 4.16. The minimum absolute atomic E-state index is 0.0238. The summed E-state index contributed by atoms with van der Waals surface area (Å²) in [6, 6.07) is -0.0238. The van der Waals surface area contributed by atoms with E-state index in [0.29, 0.717) is 25.6 Å². The molecule has 0 saturated carbocycles. The van der Waals surface area contributed by atoms with Gasteiger partial charge in [0.1, 0.15) is 0 Å². The number of urea groups is 1. The average molecular weight is 284 g/mol. The van der Waals surface area contributed by atoms with Crippen LogP contribution in [0.4, 0.5) is 4.79 Å². The van der Waals surface area contributed by atoms with Crippen molar-refractivity contribution in [3.05, 3.63) is 0 Å². The maximum absolute atomic E-state index is 12.0. The summed E-state index contributed by atoms with van der Waals surface area (Å²) in [5, 5.41) is 11.7. The summed E-state index contributed by atoms with van der Waals surface area (Å²) >= 11 is 0. The minimum Gasteiger partial charge on any atom is -0.481 e. The van der Waals surface area contributed by atoms with Gasteiger partial charge in [0.05, 0.1) is 6.61 Å². The molecule has 0 bridgehead atoms. The van der Waals surface area contributed by atoms with Crippen LogP contribution in [0, 0.1) is 11.8 Å². The number of aliphatic carboxylic acids is 1. The average Bonchev–Trinajstić information content (AvgIpc) is 2.46. The summed E-state index contributed by atoms with van der Waals surface area (Å²) in [5.41, 5.74) is 0. The second kappa shape index (κ2) is 7.47. The highest BCUT2D eigenvalue weighted by atomic mass is 16.5. The Morgan fingerprint density at radius 3 is 2.55 bits per heavy atom. The van der Waals surface area contributed by atoms with E-state index in [4.69, 9.17) is 9.84 Å². The van der Waals surface area contributed by atoms with Crippen LogP contribution in [0.5, 0.6) is 0 Å². The quantitative estimate of drug-likeness (QED) is 0.816. The fourth-order valence-electron chi connectivity index (χ4n) is 2.90. The van der Waals surface area contributed by atoms with Crippen molar-refractivity contribution < 1.29 is 19.4 Å². The number of carbonyl (C=O) groups is 2. The van der Waals surface area contributed by atoms with Crippen molar-refractivity contribution in [2.75, 3.05) is 32.8 Å². The monoisotopic (exact) mass is 284 g/mol. The summed E-state index contributed by atoms with van der Waals surface area (Å²) < 4.78 is 5.39. The molecule has 2 N–H and O–H groups in total. The van der Waals surface area contributed by atoms with Gasteiger partial charge >= 0.3 is 12.0 Å². The Bertz CT molecular complexity index is 334. The zero-order valence-electron chi connectivity index (χ0n) is 11.8. The largest absolute Gasteiger partial charge is 0.481 e. The summed E-state index contributed by atoms with van der Waals surface area (Å²) in [6.07, 6.45) is 3.97. The second-order valence-corrected chi connectivity index (χ2v) is 5.80. The molecular formula is C14H24N2O4. The first kappa shape index (κ1) is 15.1. The molecule has 114 valence electrons. The molecule has 0 aromatic rings. The van der Waals surface area contributed by atoms with Crippen LogP contribution < -0.4 is 5.32 Å². The fraction of sp³-hybridized carbons (Fsp3) is 0.857. The van der Waals surface area contributed by atoms with E-state index in [1.54, 1.807) is 4.90 Å². The number of hydrogen-bond donors (Lipinski definition) is 2. The van der Waals surface area contributed by atoms with Gasteiger partial charge in [-0.3, -0.25) is 4.79 Å². The molecule has 2 fully saturated rings. The smallest absolute Gasteiger partial charge is 0.317 e. The Balaban J connectivity index is 1.65. The molecule has 0 aliphatic carbocycles. The molecule has 20 heavy (non-hydrogen) atoms. The van der Waals surface area contributed by atoms with E-state index in [1.807, 2.05) is 0 Å². The van der Waals surface area contributed by atoms with Gasteiger partial charge in [0.2, 0.25) is 0 Å². The molecule has 1 atom stereocenters. The number of ether oxygens (including phenoxy) is 1. The van der Waals surface area contributed by atoms with Crippen LogP contribution in [0.1, 0.15) is 32.1 Å². The van der Waals surface area contributed by atoms with Crippen LogP contribution in [0.2, 0.25) is 0 Å². The van der Waals surface area contributed by atoms with Gasteiger partial charge in [-0.1, -0.05) is 0 Å². The number of carboxylic acid groups (broad SMARTS) is 1. The number of carboxylic acids is 1. The molecule has 2 amide bonds. The molecule has 1 unspecified atom stereocenters. The molecule has 0 spiro atoms. The van der Waals surface area contributed by atoms with Crippen molar-refractivity contribution in [3.63, 3.8) is 0 Å². The molecule has 6 nitrogen and oxygen atoms in total. The lowest BCUT2D eigenvalue weighted by Gasteiger charge is -2.32. The molecule has 2 rings (SSSR count). The van der Waals surface area contributed by atoms with Gasteiger partial charge in [-0.2, -0.15) is 0 Å². The molecule has 0 aromatic heterocycles. The first-order valence-electron chi connectivity index (χ1n) is 7.47. The lowest BCUT2D eigenvalue weighted by molar-refractivity contribution is -0.138. The predicted molar refractivity (Wildman–Crippen MR) is 73.5 cm³/mol. The zero-order chi connectivity index (χ0) is 14.4. The molecule has 0 aromatic carbocycles. The Morgan fingerprint density at radius 2 is 1.95 bits per heavy atom. The van der Waals surface area contributed by atoms with Crippen LogP contribution in [-0.4, -0.2) is 54.9 Å². The Hall–Kier alpha value is -1.30. The van der Waals surface area contributed by atoms with E-state index in [1.165, 1.54) is 0 Å². The second-order valence-electron chi connectivity index (χ2n) is 5.80. The van der Waals surface area contributed by atoms with Crippen LogP contribution in [0.25, 0.3) is 0 Å². The summed E-state index contributed by atoms with van der Waals surface area (Å²) in [6.45, 7) is 3.56. The van der Waals surface area contributed by atoms with Crippen LogP contribution in [-0.2, 0) is 9.53 Å². The number of hydrogen-bond acceptors (Lipinski definition) is 3. The Kier molecular flexibility index (Phi) is 5.64. The SMILES string of the molecule is O=C(O)CC1CCN(C(=O)NCC2CCCOC2)CC1. The molecule has 2 heterocycles. The number of piperidine rings is 1. The molecule has 6 heteroatoms. The minimum atomic E-state index is -0.745. The first-order chi connectivity index (χ1) is 9.65. The zero-order valence-corrected chi connectivity index (χ0v) is 11.8. The van der Waals surface area contributed by atoms with Gasteiger partial charge < -0.3 is 20.1 Å². The van der Waals surface area contributed by atoms with Gasteiger partial charge in [0, 0.05) is 32.7 Å². The molecule has 2 aliphatic rings. The van der Waals surface area contributed by atoms with Crippen molar-refractivity contribution in [1.82, 2.24) is 10.2 Å². The highest BCUT2D eigenvalue weighted by Gasteiger charge is 2.24. The van der Waals surface area contributed by atoms with Crippen molar-refractivity contribution in [2.45, 2.75) is 32.1 Å². The number of nitrogens with one attached hydrogen (secondary N) is 1. The maximum atomic E-state index is 12.0. The van der Waals surface area contributed by atoms with Crippen LogP contribution in [0.3, 0.4) is 0 Å². The summed E-state index contributed by atoms with van der Waals surface area (Å²) in [7, 11) is 0. The lowest BCUT2D eigenvalue weighted by atomic mass is 9.94. The topological polar surface area (TPSA) is 78.9 Å². The van der Waals surface area contributed by atoms with Gasteiger partial charge in [-0.25, -0.2) is 4.79 Å². The van der Waals surface area contributed by atoms with E-state index in [9.17, 15) is 9.59 Å². The number of rotatable bonds is 4. The Morgan fingerprint density at radius 1 is 1.20 bits per heavy atom. The van der Waals surface area contributed by atoms with Crippen LogP contribution >= 0.6 is 0 Å². The highest BCUT2D eigenvalue weighted by molar-refractivity contribution is 5.74. The summed E-state index contributed by atoms with van der Waals surface area (Å²) in [4.78, 5) is 24.5. The molecule has 2 saturated heterocycles. The normalized spacial score (nSPS) is 24.4. The van der Waals surface area contributed by atoms with E-state index >= 15 is 0 Å². The van der Waals surface area contributed by atoms with Gasteiger partial charge in [-0.05, 0) is 37.5 Å². The van der Waals surface area contributed by atoms with Crippen molar-refractivity contribution in [2.24, 2.45) is 11.8 Å². The van der Waals surface area contributed by atoms with E-state index in [2.05, 4.69) is 5.32 Å². The molecule has 2 aliphatic heterocycles. The summed E-state index contributed by atoms with van der Waals surface area (Å²) in [5.74, 6) is -0.106. The first-order valence-corrected chi connectivity index (χ1v) is 7.47. The maximum Gasteiger partial charge on any atom is 0.317 e. The Labute approximate surface area is 119 Å². The third kappa shape index (κ3) is 4.67. The van der Waals surface area contributed by atoms with E-state index < -0.39 is 5.97 Å². The van der Waals surface area contributed by atoms with E-state index in [0.717, 1.165) is 38.9 Å². The van der Waals surface area contributed by atoms with Crippen molar-refractivity contribution in [3.8, 4) is 0 Å². The molecular weight excluding hydrogens is 260 g/mol. The highest BCUT2D eigenvalue weighted by Crippen LogP contribution is 2.20. The van der Waals surface area contributed by atoms with E-state index in [-0.39, 0.29) is 18.4 Å². The van der Waals surface area contributed by atoms with Crippen molar-refractivity contribution >= 4 is 12.0 Å². The van der Waals surface area contributed by atoms with Gasteiger partial charge in [-0.15, -0.1) is 0 Å².